The number of ether oxygens (including phenoxy) is 1. The topological polar surface area (TPSA) is 93.5 Å². The number of amides is 2. The van der Waals surface area contributed by atoms with Crippen molar-refractivity contribution in [2.24, 2.45) is 0 Å². The third-order valence-electron chi connectivity index (χ3n) is 8.58. The van der Waals surface area contributed by atoms with Crippen LogP contribution in [0.2, 0.25) is 0 Å². The molecule has 2 amide bonds. The maximum Gasteiger partial charge on any atom is 0.419 e. The second kappa shape index (κ2) is 12.7. The zero-order chi connectivity index (χ0) is 35.3. The van der Waals surface area contributed by atoms with Crippen molar-refractivity contribution in [2.75, 3.05) is 16.8 Å². The van der Waals surface area contributed by atoms with Crippen molar-refractivity contribution in [2.45, 2.75) is 46.6 Å². The number of halogens is 1. The number of aromatic nitrogens is 2. The first-order valence-electron chi connectivity index (χ1n) is 16.3. The number of benzene rings is 3. The predicted molar refractivity (Wildman–Crippen MR) is 196 cm³/mol. The minimum Gasteiger partial charge on any atom is -0.443 e. The second-order valence-corrected chi connectivity index (χ2v) is 14.4. The number of hydrogen-bond donors (Lipinski definition) is 1. The van der Waals surface area contributed by atoms with E-state index >= 15 is 0 Å². The Hall–Kier alpha value is -5.61. The van der Waals surface area contributed by atoms with Crippen molar-refractivity contribution in [1.82, 2.24) is 9.55 Å². The molecule has 7 rings (SSSR count). The van der Waals surface area contributed by atoms with Crippen molar-refractivity contribution >= 4 is 51.5 Å². The smallest absolute Gasteiger partial charge is 0.419 e. The first-order chi connectivity index (χ1) is 23.9. The molecule has 8 nitrogen and oxygen atoms in total. The van der Waals surface area contributed by atoms with Gasteiger partial charge in [-0.05, 0) is 94.1 Å². The molecule has 3 aromatic heterocycles. The van der Waals surface area contributed by atoms with Crippen molar-refractivity contribution in [3.63, 3.8) is 0 Å². The molecule has 0 unspecified atom stereocenters. The summed E-state index contributed by atoms with van der Waals surface area (Å²) in [5, 5.41) is 3.55. The SMILES string of the molecule is Cc1ccc2c(-c3cccc(C(=O)N4CCc5cc(C(=O)Nc6c(C)cccc6F)sc5-c5ccccc54)n3)cn(C(=O)OC(C)(C)C)c2c1. The lowest BCUT2D eigenvalue weighted by Gasteiger charge is -2.23. The average molecular weight is 687 g/mol. The van der Waals surface area contributed by atoms with Crippen molar-refractivity contribution in [3.8, 4) is 21.7 Å². The van der Waals surface area contributed by atoms with Crippen LogP contribution in [0.4, 0.5) is 20.6 Å². The van der Waals surface area contributed by atoms with Crippen LogP contribution in [0.15, 0.2) is 91.1 Å². The highest BCUT2D eigenvalue weighted by molar-refractivity contribution is 7.17. The van der Waals surface area contributed by atoms with Gasteiger partial charge in [-0.3, -0.25) is 14.2 Å². The van der Waals surface area contributed by atoms with E-state index < -0.39 is 17.5 Å². The van der Waals surface area contributed by atoms with Crippen LogP contribution >= 0.6 is 11.3 Å². The van der Waals surface area contributed by atoms with Crippen molar-refractivity contribution < 1.29 is 23.5 Å². The number of thiophene rings is 1. The van der Waals surface area contributed by atoms with Crippen LogP contribution in [0.5, 0.6) is 0 Å². The molecule has 0 saturated heterocycles. The number of fused-ring (bicyclic) bond motifs is 4. The van der Waals surface area contributed by atoms with Gasteiger partial charge in [-0.15, -0.1) is 11.3 Å². The van der Waals surface area contributed by atoms with Crippen LogP contribution < -0.4 is 10.2 Å². The minimum atomic E-state index is -0.677. The maximum absolute atomic E-state index is 14.5. The van der Waals surface area contributed by atoms with Crippen LogP contribution in [-0.2, 0) is 11.2 Å². The third-order valence-corrected chi connectivity index (χ3v) is 9.79. The number of nitrogens with one attached hydrogen (secondary N) is 1. The number of anilines is 2. The first-order valence-corrected chi connectivity index (χ1v) is 17.1. The summed E-state index contributed by atoms with van der Waals surface area (Å²) in [6, 6.07) is 25.3. The maximum atomic E-state index is 14.5. The van der Waals surface area contributed by atoms with Gasteiger partial charge < -0.3 is 15.0 Å². The zero-order valence-corrected chi connectivity index (χ0v) is 29.2. The van der Waals surface area contributed by atoms with Crippen LogP contribution in [0.1, 0.15) is 57.6 Å². The summed E-state index contributed by atoms with van der Waals surface area (Å²) in [6.45, 7) is 9.54. The summed E-state index contributed by atoms with van der Waals surface area (Å²) in [7, 11) is 0. The van der Waals surface area contributed by atoms with Gasteiger partial charge >= 0.3 is 6.09 Å². The molecule has 0 spiro atoms. The molecule has 6 aromatic rings. The highest BCUT2D eigenvalue weighted by atomic mass is 32.1. The van der Waals surface area contributed by atoms with Gasteiger partial charge in [-0.1, -0.05) is 48.5 Å². The van der Waals surface area contributed by atoms with E-state index in [1.165, 1.54) is 22.0 Å². The third kappa shape index (κ3) is 6.18. The van der Waals surface area contributed by atoms with E-state index in [1.807, 2.05) is 82.3 Å². The van der Waals surface area contributed by atoms with Crippen LogP contribution in [0.3, 0.4) is 0 Å². The summed E-state index contributed by atoms with van der Waals surface area (Å²) in [4.78, 5) is 48.7. The van der Waals surface area contributed by atoms with E-state index in [9.17, 15) is 18.8 Å². The molecule has 0 aliphatic carbocycles. The highest BCUT2D eigenvalue weighted by Crippen LogP contribution is 2.42. The Morgan fingerprint density at radius 2 is 1.70 bits per heavy atom. The fourth-order valence-electron chi connectivity index (χ4n) is 6.23. The fraction of sp³-hybridized carbons (Fsp3) is 0.200. The van der Waals surface area contributed by atoms with E-state index in [1.54, 1.807) is 42.3 Å². The second-order valence-electron chi connectivity index (χ2n) is 13.4. The normalized spacial score (nSPS) is 12.6. The Balaban J connectivity index is 1.21. The predicted octanol–water partition coefficient (Wildman–Crippen LogP) is 9.43. The molecule has 0 fully saturated rings. The number of carbonyl (C=O) groups excluding carboxylic acids is 3. The Labute approximate surface area is 293 Å². The quantitative estimate of drug-likeness (QED) is 0.200. The Morgan fingerprint density at radius 1 is 0.920 bits per heavy atom. The molecule has 1 N–H and O–H groups in total. The van der Waals surface area contributed by atoms with E-state index in [4.69, 9.17) is 9.72 Å². The summed E-state index contributed by atoms with van der Waals surface area (Å²) in [5.41, 5.74) is 5.78. The molecule has 252 valence electrons. The monoisotopic (exact) mass is 686 g/mol. The minimum absolute atomic E-state index is 0.164. The van der Waals surface area contributed by atoms with Gasteiger partial charge in [0.25, 0.3) is 11.8 Å². The molecule has 1 aliphatic heterocycles. The molecular formula is C40H35FN4O4S. The zero-order valence-electron chi connectivity index (χ0n) is 28.3. The number of pyridine rings is 1. The van der Waals surface area contributed by atoms with Gasteiger partial charge in [0.2, 0.25) is 0 Å². The Bertz CT molecular complexity index is 2310. The molecule has 3 aromatic carbocycles. The molecule has 0 radical (unpaired) electrons. The molecule has 50 heavy (non-hydrogen) atoms. The lowest BCUT2D eigenvalue weighted by atomic mass is 10.1. The van der Waals surface area contributed by atoms with Gasteiger partial charge in [0.05, 0.1) is 27.5 Å². The molecular weight excluding hydrogens is 652 g/mol. The highest BCUT2D eigenvalue weighted by Gasteiger charge is 2.29. The molecule has 0 atom stereocenters. The summed E-state index contributed by atoms with van der Waals surface area (Å²) in [5.74, 6) is -1.14. The van der Waals surface area contributed by atoms with Crippen LogP contribution in [0.25, 0.3) is 32.6 Å². The summed E-state index contributed by atoms with van der Waals surface area (Å²) >= 11 is 1.32. The van der Waals surface area contributed by atoms with Gasteiger partial charge in [-0.2, -0.15) is 0 Å². The Morgan fingerprint density at radius 3 is 2.48 bits per heavy atom. The number of nitrogens with zero attached hydrogens (tertiary/aromatic N) is 3. The number of hydrogen-bond acceptors (Lipinski definition) is 6. The number of para-hydroxylation sites is 2. The van der Waals surface area contributed by atoms with E-state index in [2.05, 4.69) is 5.32 Å². The van der Waals surface area contributed by atoms with E-state index in [-0.39, 0.29) is 23.2 Å². The molecule has 0 saturated carbocycles. The molecule has 0 bridgehead atoms. The number of carbonyl (C=O) groups is 3. The lowest BCUT2D eigenvalue weighted by molar-refractivity contribution is 0.0544. The number of rotatable bonds is 4. The Kier molecular flexibility index (Phi) is 8.35. The van der Waals surface area contributed by atoms with Gasteiger partial charge in [0.15, 0.2) is 0 Å². The van der Waals surface area contributed by atoms with E-state index in [0.717, 1.165) is 27.0 Å². The van der Waals surface area contributed by atoms with Gasteiger partial charge in [0.1, 0.15) is 17.1 Å². The van der Waals surface area contributed by atoms with Crippen LogP contribution in [-0.4, -0.2) is 39.6 Å². The first kappa shape index (κ1) is 32.9. The fourth-order valence-corrected chi connectivity index (χ4v) is 7.37. The molecule has 4 heterocycles. The summed E-state index contributed by atoms with van der Waals surface area (Å²) in [6.07, 6.45) is 1.72. The van der Waals surface area contributed by atoms with Crippen molar-refractivity contribution in [3.05, 3.63) is 124 Å². The lowest BCUT2D eigenvalue weighted by Crippen LogP contribution is -2.33. The standard InChI is InChI=1S/C40H35FN4O4S/c1-23-16-17-26-28(22-45(33(26)20-23)39(48)49-40(3,4)5)30-13-9-14-31(42-30)38(47)44-19-18-25-21-34(50-36(25)27-11-6-7-15-32(27)44)37(46)43-35-24(2)10-8-12-29(35)41/h6-17,20-22H,18-19H2,1-5H3,(H,43,46). The largest absolute Gasteiger partial charge is 0.443 e. The summed E-state index contributed by atoms with van der Waals surface area (Å²) < 4.78 is 21.7. The molecule has 10 heteroatoms. The van der Waals surface area contributed by atoms with Crippen LogP contribution in [0, 0.1) is 19.7 Å². The molecule has 1 aliphatic rings. The van der Waals surface area contributed by atoms with Crippen molar-refractivity contribution in [1.29, 1.82) is 0 Å². The van der Waals surface area contributed by atoms with Gasteiger partial charge in [-0.25, -0.2) is 14.2 Å². The number of aryl methyl sites for hydroxylation is 2. The average Bonchev–Trinajstić information content (AvgIpc) is 3.64. The van der Waals surface area contributed by atoms with Gasteiger partial charge in [0, 0.05) is 34.1 Å². The van der Waals surface area contributed by atoms with E-state index in [0.29, 0.717) is 45.9 Å².